The number of unbranched alkanes of at least 4 members (excludes halogenated alkanes) is 2. The predicted molar refractivity (Wildman–Crippen MR) is 67.7 cm³/mol. The van der Waals surface area contributed by atoms with Crippen LogP contribution in [-0.2, 0) is 4.43 Å². The van der Waals surface area contributed by atoms with E-state index in [2.05, 4.69) is 20.8 Å². The van der Waals surface area contributed by atoms with Crippen molar-refractivity contribution in [1.29, 1.82) is 0 Å². The van der Waals surface area contributed by atoms with Crippen LogP contribution in [0.4, 0.5) is 0 Å². The highest BCUT2D eigenvalue weighted by atomic mass is 28.2. The van der Waals surface area contributed by atoms with Gasteiger partial charge in [0.25, 0.3) is 0 Å². The lowest BCUT2D eigenvalue weighted by molar-refractivity contribution is 0.186. The summed E-state index contributed by atoms with van der Waals surface area (Å²) < 4.78 is 5.34. The molecule has 0 saturated carbocycles. The summed E-state index contributed by atoms with van der Waals surface area (Å²) in [6, 6.07) is 0. The minimum Gasteiger partial charge on any atom is -0.428 e. The Bertz CT molecular complexity index is 104. The van der Waals surface area contributed by atoms with E-state index in [4.69, 9.17) is 4.43 Å². The first kappa shape index (κ1) is 14.2. The van der Waals surface area contributed by atoms with Crippen LogP contribution in [0, 0.1) is 5.41 Å². The number of hydrogen-bond donors (Lipinski definition) is 0. The molecule has 0 saturated heterocycles. The molecule has 0 aliphatic carbocycles. The van der Waals surface area contributed by atoms with Crippen LogP contribution in [0.25, 0.3) is 0 Å². The molecule has 0 aliphatic heterocycles. The molecule has 0 atom stereocenters. The van der Waals surface area contributed by atoms with Crippen molar-refractivity contribution in [3.05, 3.63) is 0 Å². The summed E-state index contributed by atoms with van der Waals surface area (Å²) in [7, 11) is 0.892. The molecule has 0 aliphatic rings. The van der Waals surface area contributed by atoms with Crippen molar-refractivity contribution in [2.45, 2.75) is 65.7 Å². The zero-order chi connectivity index (χ0) is 10.9. The Morgan fingerprint density at radius 3 is 1.86 bits per heavy atom. The topological polar surface area (TPSA) is 9.23 Å². The molecule has 0 amide bonds. The third-order valence-corrected chi connectivity index (χ3v) is 3.59. The molecule has 0 aromatic rings. The van der Waals surface area contributed by atoms with Crippen molar-refractivity contribution in [2.24, 2.45) is 5.41 Å². The van der Waals surface area contributed by atoms with E-state index in [9.17, 15) is 0 Å². The molecule has 0 radical (unpaired) electrons. The Balaban J connectivity index is 3.89. The van der Waals surface area contributed by atoms with Crippen LogP contribution in [0.2, 0.25) is 0 Å². The SMILES string of the molecule is CCCCC(C)(CCCC)CCO[SiH3]. The molecule has 14 heavy (non-hydrogen) atoms. The maximum absolute atomic E-state index is 5.34. The van der Waals surface area contributed by atoms with Gasteiger partial charge in [-0.15, -0.1) is 0 Å². The van der Waals surface area contributed by atoms with Gasteiger partial charge in [0.15, 0.2) is 0 Å². The Kier molecular flexibility index (Phi) is 8.59. The Morgan fingerprint density at radius 1 is 1.00 bits per heavy atom. The quantitative estimate of drug-likeness (QED) is 0.538. The van der Waals surface area contributed by atoms with E-state index >= 15 is 0 Å². The second kappa shape index (κ2) is 8.48. The summed E-state index contributed by atoms with van der Waals surface area (Å²) in [6.07, 6.45) is 9.43. The molecule has 86 valence electrons. The van der Waals surface area contributed by atoms with Crippen LogP contribution in [-0.4, -0.2) is 17.1 Å². The molecule has 0 heterocycles. The summed E-state index contributed by atoms with van der Waals surface area (Å²) in [4.78, 5) is 0. The fourth-order valence-electron chi connectivity index (χ4n) is 1.93. The minimum atomic E-state index is 0.552. The summed E-state index contributed by atoms with van der Waals surface area (Å²) >= 11 is 0. The van der Waals surface area contributed by atoms with Gasteiger partial charge in [-0.05, 0) is 24.7 Å². The zero-order valence-electron chi connectivity index (χ0n) is 10.6. The first-order valence-electron chi connectivity index (χ1n) is 6.17. The predicted octanol–water partition coefficient (Wildman–Crippen LogP) is 3.06. The molecule has 0 unspecified atom stereocenters. The van der Waals surface area contributed by atoms with Gasteiger partial charge in [-0.1, -0.05) is 46.5 Å². The van der Waals surface area contributed by atoms with Gasteiger partial charge in [0.2, 0.25) is 0 Å². The zero-order valence-corrected chi connectivity index (χ0v) is 12.6. The van der Waals surface area contributed by atoms with Crippen molar-refractivity contribution in [1.82, 2.24) is 0 Å². The van der Waals surface area contributed by atoms with Gasteiger partial charge in [0.05, 0.1) is 0 Å². The standard InChI is InChI=1S/C12H28OSi/c1-4-6-8-12(3,9-7-5-2)10-11-13-14/h4-11H2,1-3,14H3. The van der Waals surface area contributed by atoms with Crippen LogP contribution in [0.3, 0.4) is 0 Å². The Morgan fingerprint density at radius 2 is 1.50 bits per heavy atom. The Hall–Kier alpha value is 0.177. The highest BCUT2D eigenvalue weighted by molar-refractivity contribution is 5.97. The van der Waals surface area contributed by atoms with E-state index in [0.717, 1.165) is 17.1 Å². The molecule has 1 nitrogen and oxygen atoms in total. The lowest BCUT2D eigenvalue weighted by Gasteiger charge is -2.29. The van der Waals surface area contributed by atoms with Crippen molar-refractivity contribution in [2.75, 3.05) is 6.61 Å². The molecule has 0 aromatic heterocycles. The summed E-state index contributed by atoms with van der Waals surface area (Å²) in [5.74, 6) is 0. The van der Waals surface area contributed by atoms with Crippen molar-refractivity contribution >= 4 is 10.5 Å². The second-order valence-electron chi connectivity index (χ2n) is 4.76. The van der Waals surface area contributed by atoms with Crippen molar-refractivity contribution in [3.8, 4) is 0 Å². The molecular formula is C12H28OSi. The normalized spacial score (nSPS) is 12.2. The summed E-state index contributed by atoms with van der Waals surface area (Å²) in [5, 5.41) is 0. The molecule has 0 fully saturated rings. The first-order chi connectivity index (χ1) is 6.68. The van der Waals surface area contributed by atoms with E-state index in [-0.39, 0.29) is 0 Å². The van der Waals surface area contributed by atoms with E-state index < -0.39 is 0 Å². The number of rotatable bonds is 9. The molecule has 2 heteroatoms. The van der Waals surface area contributed by atoms with Crippen LogP contribution in [0.15, 0.2) is 0 Å². The highest BCUT2D eigenvalue weighted by Gasteiger charge is 2.22. The third kappa shape index (κ3) is 6.60. The van der Waals surface area contributed by atoms with Gasteiger partial charge in [-0.2, -0.15) is 0 Å². The van der Waals surface area contributed by atoms with Crippen LogP contribution in [0.1, 0.15) is 65.7 Å². The van der Waals surface area contributed by atoms with Gasteiger partial charge in [0, 0.05) is 6.61 Å². The molecule has 0 aromatic carbocycles. The molecular weight excluding hydrogens is 188 g/mol. The van der Waals surface area contributed by atoms with Gasteiger partial charge in [-0.3, -0.25) is 0 Å². The van der Waals surface area contributed by atoms with Gasteiger partial charge >= 0.3 is 0 Å². The second-order valence-corrected chi connectivity index (χ2v) is 5.34. The van der Waals surface area contributed by atoms with E-state index in [0.29, 0.717) is 5.41 Å². The minimum absolute atomic E-state index is 0.552. The van der Waals surface area contributed by atoms with Crippen molar-refractivity contribution < 1.29 is 4.43 Å². The fraction of sp³-hybridized carbons (Fsp3) is 1.00. The monoisotopic (exact) mass is 216 g/mol. The van der Waals surface area contributed by atoms with E-state index in [1.54, 1.807) is 0 Å². The largest absolute Gasteiger partial charge is 0.428 e. The smallest absolute Gasteiger partial charge is 0.145 e. The summed E-state index contributed by atoms with van der Waals surface area (Å²) in [6.45, 7) is 7.99. The van der Waals surface area contributed by atoms with E-state index in [1.807, 2.05) is 0 Å². The maximum atomic E-state index is 5.34. The third-order valence-electron chi connectivity index (χ3n) is 3.18. The lowest BCUT2D eigenvalue weighted by Crippen LogP contribution is -2.18. The average molecular weight is 216 g/mol. The van der Waals surface area contributed by atoms with E-state index in [1.165, 1.54) is 44.9 Å². The molecule has 0 N–H and O–H groups in total. The maximum Gasteiger partial charge on any atom is 0.145 e. The molecule has 0 rings (SSSR count). The first-order valence-corrected chi connectivity index (χ1v) is 6.99. The van der Waals surface area contributed by atoms with Crippen LogP contribution < -0.4 is 0 Å². The Labute approximate surface area is 93.2 Å². The highest BCUT2D eigenvalue weighted by Crippen LogP contribution is 2.33. The molecule has 0 spiro atoms. The van der Waals surface area contributed by atoms with Crippen LogP contribution >= 0.6 is 0 Å². The molecule has 0 bridgehead atoms. The van der Waals surface area contributed by atoms with Crippen molar-refractivity contribution in [3.63, 3.8) is 0 Å². The lowest BCUT2D eigenvalue weighted by atomic mass is 9.78. The van der Waals surface area contributed by atoms with Gasteiger partial charge < -0.3 is 4.43 Å². The average Bonchev–Trinajstić information content (AvgIpc) is 2.21. The van der Waals surface area contributed by atoms with Crippen LogP contribution in [0.5, 0.6) is 0 Å². The summed E-state index contributed by atoms with van der Waals surface area (Å²) in [5.41, 5.74) is 0.552. The van der Waals surface area contributed by atoms with Gasteiger partial charge in [-0.25, -0.2) is 0 Å². The number of hydrogen-bond acceptors (Lipinski definition) is 1. The fourth-order valence-corrected chi connectivity index (χ4v) is 2.13. The van der Waals surface area contributed by atoms with Gasteiger partial charge in [0.1, 0.15) is 10.5 Å².